The number of aromatic nitrogens is 1. The number of sulfonamides is 1. The molecule has 160 valence electrons. The van der Waals surface area contributed by atoms with Crippen LogP contribution < -0.4 is 4.72 Å². The number of H-pyrrole nitrogens is 1. The Balaban J connectivity index is 1.68. The molecule has 30 heavy (non-hydrogen) atoms. The number of Topliss-reactive ketones (excluding diaryl/α,β-unsaturated/α-hetero) is 1. The van der Waals surface area contributed by atoms with Crippen LogP contribution in [-0.4, -0.2) is 25.7 Å². The molecule has 0 saturated carbocycles. The Morgan fingerprint density at radius 2 is 2.00 bits per heavy atom. The van der Waals surface area contributed by atoms with Gasteiger partial charge in [-0.15, -0.1) is 11.3 Å². The minimum Gasteiger partial charge on any atom is -0.358 e. The molecule has 4 rings (SSSR count). The Labute approximate surface area is 182 Å². The third kappa shape index (κ3) is 3.86. The van der Waals surface area contributed by atoms with E-state index in [1.54, 1.807) is 17.4 Å². The molecule has 0 amide bonds. The van der Waals surface area contributed by atoms with Crippen LogP contribution in [0.15, 0.2) is 28.5 Å². The van der Waals surface area contributed by atoms with Crippen molar-refractivity contribution in [3.8, 4) is 0 Å². The summed E-state index contributed by atoms with van der Waals surface area (Å²) in [7, 11) is -3.65. The minimum atomic E-state index is -3.65. The van der Waals surface area contributed by atoms with E-state index in [0.717, 1.165) is 34.1 Å². The number of aryl methyl sites for hydroxylation is 2. The van der Waals surface area contributed by atoms with Crippen LogP contribution in [0.25, 0.3) is 10.9 Å². The average Bonchev–Trinajstić information content (AvgIpc) is 3.21. The van der Waals surface area contributed by atoms with Gasteiger partial charge in [0.15, 0.2) is 5.78 Å². The number of hydrogen-bond donors (Lipinski definition) is 2. The molecule has 7 heteroatoms. The minimum absolute atomic E-state index is 0.0884. The Morgan fingerprint density at radius 1 is 1.23 bits per heavy atom. The van der Waals surface area contributed by atoms with Gasteiger partial charge in [-0.1, -0.05) is 20.8 Å². The second-order valence-corrected chi connectivity index (χ2v) is 11.7. The Kier molecular flexibility index (Phi) is 5.41. The predicted octanol–water partition coefficient (Wildman–Crippen LogP) is 4.78. The molecule has 0 saturated heterocycles. The summed E-state index contributed by atoms with van der Waals surface area (Å²) in [6, 6.07) is 5.64. The first kappa shape index (κ1) is 21.3. The van der Waals surface area contributed by atoms with Crippen LogP contribution >= 0.6 is 11.3 Å². The summed E-state index contributed by atoms with van der Waals surface area (Å²) >= 11 is 1.65. The van der Waals surface area contributed by atoms with Gasteiger partial charge < -0.3 is 4.98 Å². The van der Waals surface area contributed by atoms with Gasteiger partial charge in [-0.3, -0.25) is 4.79 Å². The van der Waals surface area contributed by atoms with E-state index in [4.69, 9.17) is 0 Å². The van der Waals surface area contributed by atoms with Crippen LogP contribution in [0.3, 0.4) is 0 Å². The number of aromatic amines is 1. The highest BCUT2D eigenvalue weighted by atomic mass is 32.2. The zero-order chi connectivity index (χ0) is 21.7. The number of rotatable bonds is 6. The van der Waals surface area contributed by atoms with Crippen molar-refractivity contribution in [3.63, 3.8) is 0 Å². The van der Waals surface area contributed by atoms with Crippen LogP contribution in [0.4, 0.5) is 0 Å². The fourth-order valence-corrected chi connectivity index (χ4v) is 6.66. The van der Waals surface area contributed by atoms with Crippen LogP contribution in [0, 0.1) is 12.3 Å². The molecule has 2 N–H and O–H groups in total. The van der Waals surface area contributed by atoms with Gasteiger partial charge in [-0.05, 0) is 66.3 Å². The van der Waals surface area contributed by atoms with Crippen molar-refractivity contribution in [2.75, 3.05) is 6.54 Å². The molecule has 0 atom stereocenters. The fraction of sp³-hybridized carbons (Fsp3) is 0.435. The van der Waals surface area contributed by atoms with Crippen LogP contribution in [0.1, 0.15) is 59.2 Å². The van der Waals surface area contributed by atoms with E-state index in [1.807, 2.05) is 31.4 Å². The smallest absolute Gasteiger partial charge is 0.240 e. The van der Waals surface area contributed by atoms with Gasteiger partial charge in [0, 0.05) is 40.0 Å². The van der Waals surface area contributed by atoms with Crippen molar-refractivity contribution in [2.45, 2.75) is 58.3 Å². The molecule has 1 aromatic carbocycles. The number of thiophene rings is 1. The number of benzene rings is 1. The molecule has 5 nitrogen and oxygen atoms in total. The Bertz CT molecular complexity index is 1230. The molecule has 0 bridgehead atoms. The van der Waals surface area contributed by atoms with E-state index < -0.39 is 10.0 Å². The van der Waals surface area contributed by atoms with Crippen LogP contribution in [0.2, 0.25) is 0 Å². The molecule has 0 aliphatic heterocycles. The highest BCUT2D eigenvalue weighted by Gasteiger charge is 2.34. The summed E-state index contributed by atoms with van der Waals surface area (Å²) in [6.07, 6.45) is 2.55. The molecule has 0 unspecified atom stereocenters. The lowest BCUT2D eigenvalue weighted by molar-refractivity contribution is 0.0913. The molecular formula is C23H28N2O3S2. The van der Waals surface area contributed by atoms with E-state index in [-0.39, 0.29) is 11.2 Å². The third-order valence-electron chi connectivity index (χ3n) is 5.91. The maximum absolute atomic E-state index is 13.1. The quantitative estimate of drug-likeness (QED) is 0.574. The van der Waals surface area contributed by atoms with Gasteiger partial charge >= 0.3 is 0 Å². The number of carbonyl (C=O) groups excluding carboxylic acids is 1. The van der Waals surface area contributed by atoms with Crippen molar-refractivity contribution in [1.29, 1.82) is 0 Å². The normalized spacial score (nSPS) is 16.2. The maximum atomic E-state index is 13.1. The molecule has 1 aliphatic rings. The number of fused-ring (bicyclic) bond motifs is 3. The number of nitrogens with one attached hydrogen (secondary N) is 2. The van der Waals surface area contributed by atoms with Crippen LogP contribution in [0.5, 0.6) is 0 Å². The molecule has 2 aromatic heterocycles. The number of carbonyl (C=O) groups is 1. The van der Waals surface area contributed by atoms with Crippen molar-refractivity contribution < 1.29 is 13.2 Å². The summed E-state index contributed by atoms with van der Waals surface area (Å²) in [6.45, 7) is 8.52. The van der Waals surface area contributed by atoms with Gasteiger partial charge in [0.05, 0.1) is 4.90 Å². The van der Waals surface area contributed by atoms with E-state index in [9.17, 15) is 13.2 Å². The summed E-state index contributed by atoms with van der Waals surface area (Å²) in [5, 5.41) is 2.87. The highest BCUT2D eigenvalue weighted by Crippen LogP contribution is 2.39. The van der Waals surface area contributed by atoms with E-state index in [2.05, 4.69) is 23.6 Å². The van der Waals surface area contributed by atoms with E-state index in [1.165, 1.54) is 10.4 Å². The van der Waals surface area contributed by atoms with Gasteiger partial charge in [0.1, 0.15) is 0 Å². The zero-order valence-corrected chi connectivity index (χ0v) is 19.5. The maximum Gasteiger partial charge on any atom is 0.240 e. The first-order valence-electron chi connectivity index (χ1n) is 10.3. The standard InChI is InChI=1S/C23H28N2O3S2/c1-5-15-10-16-17(25-18-12-23(3,4)13-19(26)22(16)18)11-21(15)30(27,28)24-8-6-20-14(2)7-9-29-20/h7,9-11,24-25H,5-6,8,12-13H2,1-4H3. The molecule has 0 radical (unpaired) electrons. The second-order valence-electron chi connectivity index (χ2n) is 8.95. The molecule has 0 fully saturated rings. The lowest BCUT2D eigenvalue weighted by atomic mass is 9.76. The van der Waals surface area contributed by atoms with Crippen LogP contribution in [-0.2, 0) is 29.3 Å². The lowest BCUT2D eigenvalue weighted by Gasteiger charge is -2.28. The topological polar surface area (TPSA) is 79.0 Å². The number of ketones is 1. The van der Waals surface area contributed by atoms with E-state index >= 15 is 0 Å². The first-order valence-corrected chi connectivity index (χ1v) is 12.7. The highest BCUT2D eigenvalue weighted by molar-refractivity contribution is 7.89. The molecule has 2 heterocycles. The summed E-state index contributed by atoms with van der Waals surface area (Å²) < 4.78 is 28.9. The summed E-state index contributed by atoms with van der Waals surface area (Å²) in [5.41, 5.74) is 4.22. The Morgan fingerprint density at radius 3 is 2.67 bits per heavy atom. The van der Waals surface area contributed by atoms with E-state index in [0.29, 0.717) is 30.7 Å². The predicted molar refractivity (Wildman–Crippen MR) is 122 cm³/mol. The van der Waals surface area contributed by atoms with Gasteiger partial charge in [-0.2, -0.15) is 0 Å². The van der Waals surface area contributed by atoms with Crippen molar-refractivity contribution in [1.82, 2.24) is 9.71 Å². The second kappa shape index (κ2) is 7.62. The summed E-state index contributed by atoms with van der Waals surface area (Å²) in [5.74, 6) is 0.134. The SMILES string of the molecule is CCc1cc2c3c([nH]c2cc1S(=O)(=O)NCCc1sccc1C)CC(C)(C)CC3=O. The molecule has 1 aliphatic carbocycles. The molecular weight excluding hydrogens is 416 g/mol. The monoisotopic (exact) mass is 444 g/mol. The fourth-order valence-electron chi connectivity index (χ4n) is 4.40. The lowest BCUT2D eigenvalue weighted by Crippen LogP contribution is -2.27. The van der Waals surface area contributed by atoms with Crippen molar-refractivity contribution >= 4 is 38.0 Å². The Hall–Kier alpha value is -1.96. The van der Waals surface area contributed by atoms with Gasteiger partial charge in [-0.25, -0.2) is 13.1 Å². The third-order valence-corrected chi connectivity index (χ3v) is 8.54. The molecule has 0 spiro atoms. The van der Waals surface area contributed by atoms with Crippen molar-refractivity contribution in [2.24, 2.45) is 5.41 Å². The summed E-state index contributed by atoms with van der Waals surface area (Å²) in [4.78, 5) is 17.6. The van der Waals surface area contributed by atoms with Gasteiger partial charge in [0.25, 0.3) is 0 Å². The van der Waals surface area contributed by atoms with Crippen molar-refractivity contribution in [3.05, 3.63) is 50.8 Å². The number of hydrogen-bond acceptors (Lipinski definition) is 4. The average molecular weight is 445 g/mol. The largest absolute Gasteiger partial charge is 0.358 e. The van der Waals surface area contributed by atoms with Gasteiger partial charge in [0.2, 0.25) is 10.0 Å². The zero-order valence-electron chi connectivity index (χ0n) is 17.9. The molecule has 3 aromatic rings. The first-order chi connectivity index (χ1) is 14.1.